The molecule has 3 rings (SSSR count). The Bertz CT molecular complexity index is 1170. The molecule has 1 aliphatic rings. The van der Waals surface area contributed by atoms with Gasteiger partial charge < -0.3 is 21.1 Å². The molecule has 0 unspecified atom stereocenters. The van der Waals surface area contributed by atoms with E-state index in [4.69, 9.17) is 5.73 Å². The summed E-state index contributed by atoms with van der Waals surface area (Å²) >= 11 is 0. The van der Waals surface area contributed by atoms with E-state index in [9.17, 15) is 18.8 Å². The van der Waals surface area contributed by atoms with Crippen molar-refractivity contribution < 1.29 is 23.5 Å². The summed E-state index contributed by atoms with van der Waals surface area (Å²) in [6.45, 7) is 6.31. The third-order valence-corrected chi connectivity index (χ3v) is 6.69. The standard InChI is InChI=1S/C29H38FN5O4/c1-19(2)18-29(22-10-6-5-7-11-22)26(37)35(27(31)34-29)16-8-9-20(3)32-25(36)24(33-28(38)39-4)17-21-12-14-23(30)15-13-21/h5-7,10-15,19-20,24H,8-9,16-18H2,1-4H3,(H2,31,34)(H,32,36)(H,33,38)/t20-,24-,29+/m0/s1. The van der Waals surface area contributed by atoms with E-state index in [0.29, 0.717) is 31.4 Å². The Morgan fingerprint density at radius 2 is 1.74 bits per heavy atom. The van der Waals surface area contributed by atoms with E-state index in [2.05, 4.69) is 34.2 Å². The summed E-state index contributed by atoms with van der Waals surface area (Å²) in [5.41, 5.74) is 6.72. The lowest BCUT2D eigenvalue weighted by molar-refractivity contribution is -0.132. The number of methoxy groups -OCH3 is 1. The zero-order valence-corrected chi connectivity index (χ0v) is 22.9. The molecule has 210 valence electrons. The van der Waals surface area contributed by atoms with Crippen molar-refractivity contribution in [2.75, 3.05) is 13.7 Å². The quantitative estimate of drug-likeness (QED) is 0.381. The first-order valence-electron chi connectivity index (χ1n) is 13.2. The third kappa shape index (κ3) is 7.55. The number of guanidine groups is 1. The first-order valence-corrected chi connectivity index (χ1v) is 13.2. The zero-order valence-electron chi connectivity index (χ0n) is 22.9. The van der Waals surface area contributed by atoms with E-state index in [1.54, 1.807) is 12.1 Å². The first kappa shape index (κ1) is 29.6. The minimum absolute atomic E-state index is 0.141. The molecule has 1 aliphatic heterocycles. The Morgan fingerprint density at radius 3 is 2.36 bits per heavy atom. The van der Waals surface area contributed by atoms with Crippen LogP contribution in [0.5, 0.6) is 0 Å². The second-order valence-electron chi connectivity index (χ2n) is 10.3. The summed E-state index contributed by atoms with van der Waals surface area (Å²) in [7, 11) is 1.22. The predicted molar refractivity (Wildman–Crippen MR) is 147 cm³/mol. The molecular weight excluding hydrogens is 501 g/mol. The summed E-state index contributed by atoms with van der Waals surface area (Å²) in [6, 6.07) is 14.1. The number of nitrogens with zero attached hydrogens (tertiary/aromatic N) is 2. The van der Waals surface area contributed by atoms with Gasteiger partial charge in [-0.2, -0.15) is 0 Å². The van der Waals surface area contributed by atoms with Crippen LogP contribution in [0.4, 0.5) is 9.18 Å². The average molecular weight is 540 g/mol. The van der Waals surface area contributed by atoms with E-state index in [0.717, 1.165) is 5.56 Å². The number of hydrogen-bond donors (Lipinski definition) is 3. The molecule has 0 saturated heterocycles. The van der Waals surface area contributed by atoms with Gasteiger partial charge in [0.2, 0.25) is 5.91 Å². The number of carbonyl (C=O) groups is 3. The van der Waals surface area contributed by atoms with Crippen LogP contribution < -0.4 is 16.4 Å². The molecule has 4 N–H and O–H groups in total. The largest absolute Gasteiger partial charge is 0.453 e. The van der Waals surface area contributed by atoms with E-state index in [1.165, 1.54) is 24.1 Å². The van der Waals surface area contributed by atoms with E-state index < -0.39 is 23.6 Å². The molecule has 9 nitrogen and oxygen atoms in total. The predicted octanol–water partition coefficient (Wildman–Crippen LogP) is 3.48. The van der Waals surface area contributed by atoms with Crippen molar-refractivity contribution in [3.05, 3.63) is 71.5 Å². The van der Waals surface area contributed by atoms with Gasteiger partial charge in [-0.3, -0.25) is 14.5 Å². The molecule has 1 heterocycles. The number of ether oxygens (including phenoxy) is 1. The van der Waals surface area contributed by atoms with Gasteiger partial charge in [0.15, 0.2) is 11.5 Å². The maximum absolute atomic E-state index is 13.6. The minimum Gasteiger partial charge on any atom is -0.453 e. The molecule has 3 atom stereocenters. The van der Waals surface area contributed by atoms with Gasteiger partial charge in [-0.15, -0.1) is 0 Å². The molecule has 0 fully saturated rings. The number of amides is 3. The maximum Gasteiger partial charge on any atom is 0.407 e. The summed E-state index contributed by atoms with van der Waals surface area (Å²) in [6.07, 6.45) is 1.11. The second kappa shape index (κ2) is 13.2. The van der Waals surface area contributed by atoms with Crippen LogP contribution in [-0.4, -0.2) is 54.5 Å². The number of benzene rings is 2. The number of halogens is 1. The van der Waals surface area contributed by atoms with Crippen molar-refractivity contribution in [3.63, 3.8) is 0 Å². The number of carbonyl (C=O) groups excluding carboxylic acids is 3. The Hall–Kier alpha value is -3.95. The van der Waals surface area contributed by atoms with Crippen LogP contribution >= 0.6 is 0 Å². The second-order valence-corrected chi connectivity index (χ2v) is 10.3. The molecule has 0 aliphatic carbocycles. The summed E-state index contributed by atoms with van der Waals surface area (Å²) in [5.74, 6) is -0.499. The lowest BCUT2D eigenvalue weighted by atomic mass is 9.82. The Morgan fingerprint density at radius 1 is 1.08 bits per heavy atom. The fraction of sp³-hybridized carbons (Fsp3) is 0.448. The van der Waals surface area contributed by atoms with Crippen LogP contribution in [0.1, 0.15) is 51.2 Å². The highest BCUT2D eigenvalue weighted by Crippen LogP contribution is 2.38. The molecule has 2 aromatic carbocycles. The van der Waals surface area contributed by atoms with Crippen LogP contribution in [0.2, 0.25) is 0 Å². The highest BCUT2D eigenvalue weighted by atomic mass is 19.1. The number of rotatable bonds is 12. The van der Waals surface area contributed by atoms with Crippen molar-refractivity contribution in [1.29, 1.82) is 0 Å². The molecule has 0 radical (unpaired) electrons. The molecule has 0 bridgehead atoms. The topological polar surface area (TPSA) is 126 Å². The normalized spacial score (nSPS) is 18.5. The van der Waals surface area contributed by atoms with Crippen LogP contribution in [0.25, 0.3) is 0 Å². The van der Waals surface area contributed by atoms with E-state index in [1.807, 2.05) is 37.3 Å². The molecule has 39 heavy (non-hydrogen) atoms. The van der Waals surface area contributed by atoms with Gasteiger partial charge >= 0.3 is 6.09 Å². The molecule has 2 aromatic rings. The Labute approximate surface area is 229 Å². The molecule has 0 aromatic heterocycles. The third-order valence-electron chi connectivity index (χ3n) is 6.69. The number of nitrogens with two attached hydrogens (primary N) is 1. The van der Waals surface area contributed by atoms with Gasteiger partial charge in [0.25, 0.3) is 5.91 Å². The van der Waals surface area contributed by atoms with Crippen LogP contribution in [0.15, 0.2) is 59.6 Å². The van der Waals surface area contributed by atoms with Crippen molar-refractivity contribution in [2.45, 2.75) is 64.1 Å². The van der Waals surface area contributed by atoms with Gasteiger partial charge in [0.05, 0.1) is 7.11 Å². The summed E-state index contributed by atoms with van der Waals surface area (Å²) in [5, 5.41) is 5.44. The first-order chi connectivity index (χ1) is 18.6. The maximum atomic E-state index is 13.6. The number of alkyl carbamates (subject to hydrolysis) is 1. The highest BCUT2D eigenvalue weighted by molar-refractivity contribution is 6.07. The number of hydrogen-bond acceptors (Lipinski definition) is 6. The Kier molecular flexibility index (Phi) is 10.0. The van der Waals surface area contributed by atoms with Crippen LogP contribution in [-0.2, 0) is 26.3 Å². The van der Waals surface area contributed by atoms with Crippen LogP contribution in [0, 0.1) is 11.7 Å². The smallest absolute Gasteiger partial charge is 0.407 e. The number of aliphatic imine (C=N–C) groups is 1. The molecule has 0 saturated carbocycles. The molecule has 0 spiro atoms. The van der Waals surface area contributed by atoms with Gasteiger partial charge in [-0.25, -0.2) is 14.2 Å². The van der Waals surface area contributed by atoms with Gasteiger partial charge in [-0.05, 0) is 55.4 Å². The fourth-order valence-corrected chi connectivity index (χ4v) is 4.83. The van der Waals surface area contributed by atoms with Crippen molar-refractivity contribution in [2.24, 2.45) is 16.6 Å². The van der Waals surface area contributed by atoms with Gasteiger partial charge in [-0.1, -0.05) is 56.3 Å². The zero-order chi connectivity index (χ0) is 28.6. The molecule has 10 heteroatoms. The minimum atomic E-state index is -1.04. The molecule has 3 amide bonds. The van der Waals surface area contributed by atoms with Gasteiger partial charge in [0, 0.05) is 19.0 Å². The SMILES string of the molecule is COC(=O)N[C@@H](Cc1ccc(F)cc1)C(=O)N[C@@H](C)CCCN1C(=O)[C@@](CC(C)C)(c2ccccc2)N=C1N. The van der Waals surface area contributed by atoms with E-state index >= 15 is 0 Å². The summed E-state index contributed by atoms with van der Waals surface area (Å²) < 4.78 is 17.9. The monoisotopic (exact) mass is 539 g/mol. The molecular formula is C29H38FN5O4. The van der Waals surface area contributed by atoms with Crippen molar-refractivity contribution in [3.8, 4) is 0 Å². The average Bonchev–Trinajstić information content (AvgIpc) is 3.14. The highest BCUT2D eigenvalue weighted by Gasteiger charge is 2.49. The van der Waals surface area contributed by atoms with Gasteiger partial charge in [0.1, 0.15) is 11.9 Å². The lowest BCUT2D eigenvalue weighted by Crippen LogP contribution is -2.50. The van der Waals surface area contributed by atoms with E-state index in [-0.39, 0.29) is 36.1 Å². The van der Waals surface area contributed by atoms with Crippen molar-refractivity contribution >= 4 is 23.9 Å². The fourth-order valence-electron chi connectivity index (χ4n) is 4.83. The Balaban J connectivity index is 1.60. The lowest BCUT2D eigenvalue weighted by Gasteiger charge is -2.28. The van der Waals surface area contributed by atoms with Crippen LogP contribution in [0.3, 0.4) is 0 Å². The summed E-state index contributed by atoms with van der Waals surface area (Å²) in [4.78, 5) is 44.6. The van der Waals surface area contributed by atoms with Crippen molar-refractivity contribution in [1.82, 2.24) is 15.5 Å². The number of nitrogens with one attached hydrogen (secondary N) is 2.